The zero-order chi connectivity index (χ0) is 15.7. The maximum Gasteiger partial charge on any atom is 0.0816 e. The second-order valence-corrected chi connectivity index (χ2v) is 7.10. The highest BCUT2D eigenvalue weighted by Gasteiger charge is 2.43. The summed E-state index contributed by atoms with van der Waals surface area (Å²) in [6.45, 7) is 3.98. The van der Waals surface area contributed by atoms with Crippen molar-refractivity contribution >= 4 is 0 Å². The van der Waals surface area contributed by atoms with Crippen LogP contribution in [0.25, 0.3) is 0 Å². The predicted octanol–water partition coefficient (Wildman–Crippen LogP) is 2.96. The minimum absolute atomic E-state index is 0.0491. The van der Waals surface area contributed by atoms with Crippen LogP contribution in [0.5, 0.6) is 0 Å². The third kappa shape index (κ3) is 3.19. The van der Waals surface area contributed by atoms with Crippen molar-refractivity contribution < 1.29 is 4.74 Å². The average Bonchev–Trinajstić information content (AvgIpc) is 3.15. The first-order valence-corrected chi connectivity index (χ1v) is 8.62. The number of piperidine rings is 1. The van der Waals surface area contributed by atoms with Crippen LogP contribution in [-0.2, 0) is 18.3 Å². The van der Waals surface area contributed by atoms with Crippen molar-refractivity contribution in [1.82, 2.24) is 14.7 Å². The van der Waals surface area contributed by atoms with E-state index in [1.807, 2.05) is 17.9 Å². The molecule has 0 radical (unpaired) electrons. The summed E-state index contributed by atoms with van der Waals surface area (Å²) in [5, 5.41) is 4.52. The highest BCUT2D eigenvalue weighted by Crippen LogP contribution is 2.41. The van der Waals surface area contributed by atoms with E-state index in [2.05, 4.69) is 46.4 Å². The smallest absolute Gasteiger partial charge is 0.0816 e. The molecule has 4 heteroatoms. The molecule has 0 amide bonds. The zero-order valence-electron chi connectivity index (χ0n) is 13.8. The fourth-order valence-electron chi connectivity index (χ4n) is 4.17. The van der Waals surface area contributed by atoms with E-state index in [1.54, 1.807) is 0 Å². The molecule has 0 bridgehead atoms. The fourth-order valence-corrected chi connectivity index (χ4v) is 4.17. The van der Waals surface area contributed by atoms with E-state index in [-0.39, 0.29) is 5.60 Å². The summed E-state index contributed by atoms with van der Waals surface area (Å²) in [6.07, 6.45) is 5.58. The molecule has 1 aromatic carbocycles. The molecule has 4 nitrogen and oxygen atoms in total. The molecular formula is C19H25N3O. The maximum atomic E-state index is 6.35. The van der Waals surface area contributed by atoms with E-state index in [9.17, 15) is 0 Å². The van der Waals surface area contributed by atoms with Crippen molar-refractivity contribution in [3.63, 3.8) is 0 Å². The Bertz CT molecular complexity index is 654. The van der Waals surface area contributed by atoms with Crippen molar-refractivity contribution in [1.29, 1.82) is 0 Å². The van der Waals surface area contributed by atoms with Gasteiger partial charge >= 0.3 is 0 Å². The summed E-state index contributed by atoms with van der Waals surface area (Å²) >= 11 is 0. The predicted molar refractivity (Wildman–Crippen MR) is 90.2 cm³/mol. The molecule has 2 aliphatic heterocycles. The molecular weight excluding hydrogens is 286 g/mol. The minimum atomic E-state index is 0.0491. The SMILES string of the molecule is Cn1ccc(CN2CCCC3(CC(c4ccccc4)CO3)C2)n1. The van der Waals surface area contributed by atoms with Crippen molar-refractivity contribution in [2.24, 2.45) is 7.05 Å². The standard InChI is InChI=1S/C19H25N3O/c1-21-11-8-18(20-21)13-22-10-5-9-19(15-22)12-17(14-23-19)16-6-3-2-4-7-16/h2-4,6-8,11,17H,5,9-10,12-15H2,1H3. The lowest BCUT2D eigenvalue weighted by molar-refractivity contribution is -0.0536. The lowest BCUT2D eigenvalue weighted by atomic mass is 9.84. The summed E-state index contributed by atoms with van der Waals surface area (Å²) < 4.78 is 8.24. The molecule has 2 saturated heterocycles. The quantitative estimate of drug-likeness (QED) is 0.873. The van der Waals surface area contributed by atoms with Gasteiger partial charge in [0.05, 0.1) is 17.9 Å². The van der Waals surface area contributed by atoms with E-state index in [4.69, 9.17) is 4.74 Å². The van der Waals surface area contributed by atoms with Crippen molar-refractivity contribution in [3.05, 3.63) is 53.9 Å². The number of hydrogen-bond acceptors (Lipinski definition) is 3. The van der Waals surface area contributed by atoms with Crippen LogP contribution in [0.1, 0.15) is 36.4 Å². The molecule has 2 fully saturated rings. The van der Waals surface area contributed by atoms with E-state index in [1.165, 1.54) is 18.4 Å². The Hall–Kier alpha value is -1.65. The van der Waals surface area contributed by atoms with Crippen LogP contribution in [0.4, 0.5) is 0 Å². The molecule has 2 atom stereocenters. The number of benzene rings is 1. The molecule has 2 aromatic rings. The second kappa shape index (κ2) is 6.10. The highest BCUT2D eigenvalue weighted by atomic mass is 16.5. The minimum Gasteiger partial charge on any atom is -0.373 e. The molecule has 0 saturated carbocycles. The Morgan fingerprint density at radius 2 is 2.13 bits per heavy atom. The lowest BCUT2D eigenvalue weighted by Crippen LogP contribution is -2.47. The molecule has 4 rings (SSSR count). The Labute approximate surface area is 138 Å². The van der Waals surface area contributed by atoms with E-state index < -0.39 is 0 Å². The molecule has 122 valence electrons. The van der Waals surface area contributed by atoms with Gasteiger partial charge in [-0.15, -0.1) is 0 Å². The van der Waals surface area contributed by atoms with Gasteiger partial charge in [-0.1, -0.05) is 30.3 Å². The number of aryl methyl sites for hydroxylation is 1. The van der Waals surface area contributed by atoms with Gasteiger partial charge in [0.2, 0.25) is 0 Å². The molecule has 2 unspecified atom stereocenters. The largest absolute Gasteiger partial charge is 0.373 e. The van der Waals surface area contributed by atoms with Gasteiger partial charge in [0, 0.05) is 32.3 Å². The van der Waals surface area contributed by atoms with E-state index in [0.29, 0.717) is 5.92 Å². The molecule has 2 aliphatic rings. The summed E-state index contributed by atoms with van der Waals surface area (Å²) in [7, 11) is 1.98. The molecule has 0 aliphatic carbocycles. The van der Waals surface area contributed by atoms with Crippen LogP contribution in [0.15, 0.2) is 42.6 Å². The van der Waals surface area contributed by atoms with Crippen LogP contribution in [0.3, 0.4) is 0 Å². The number of nitrogens with zero attached hydrogens (tertiary/aromatic N) is 3. The lowest BCUT2D eigenvalue weighted by Gasteiger charge is -2.39. The molecule has 1 spiro atoms. The van der Waals surface area contributed by atoms with Gasteiger partial charge < -0.3 is 4.74 Å². The monoisotopic (exact) mass is 311 g/mol. The van der Waals surface area contributed by atoms with E-state index in [0.717, 1.165) is 38.4 Å². The van der Waals surface area contributed by atoms with E-state index >= 15 is 0 Å². The number of rotatable bonds is 3. The highest BCUT2D eigenvalue weighted by molar-refractivity contribution is 5.22. The van der Waals surface area contributed by atoms with Gasteiger partial charge in [0.1, 0.15) is 0 Å². The first-order chi connectivity index (χ1) is 11.2. The fraction of sp³-hybridized carbons (Fsp3) is 0.526. The van der Waals surface area contributed by atoms with Crippen molar-refractivity contribution in [2.45, 2.75) is 37.3 Å². The number of aromatic nitrogens is 2. The summed E-state index contributed by atoms with van der Waals surface area (Å²) in [4.78, 5) is 2.51. The summed E-state index contributed by atoms with van der Waals surface area (Å²) in [6, 6.07) is 12.9. The van der Waals surface area contributed by atoms with Gasteiger partial charge in [-0.3, -0.25) is 9.58 Å². The number of likely N-dealkylation sites (tertiary alicyclic amines) is 1. The molecule has 1 aromatic heterocycles. The Morgan fingerprint density at radius 3 is 2.91 bits per heavy atom. The zero-order valence-corrected chi connectivity index (χ0v) is 13.8. The van der Waals surface area contributed by atoms with Crippen LogP contribution >= 0.6 is 0 Å². The van der Waals surface area contributed by atoms with Gasteiger partial charge in [-0.05, 0) is 37.4 Å². The van der Waals surface area contributed by atoms with Crippen LogP contribution in [0, 0.1) is 0 Å². The average molecular weight is 311 g/mol. The normalized spacial score (nSPS) is 28.5. The van der Waals surface area contributed by atoms with Crippen molar-refractivity contribution in [3.8, 4) is 0 Å². The van der Waals surface area contributed by atoms with Gasteiger partial charge in [0.15, 0.2) is 0 Å². The van der Waals surface area contributed by atoms with Crippen LogP contribution in [0.2, 0.25) is 0 Å². The first-order valence-electron chi connectivity index (χ1n) is 8.62. The van der Waals surface area contributed by atoms with Crippen LogP contribution in [-0.4, -0.2) is 40.0 Å². The topological polar surface area (TPSA) is 30.3 Å². The summed E-state index contributed by atoms with van der Waals surface area (Å²) in [5.41, 5.74) is 2.63. The third-order valence-corrected chi connectivity index (χ3v) is 5.25. The van der Waals surface area contributed by atoms with Gasteiger partial charge in [-0.2, -0.15) is 5.10 Å². The third-order valence-electron chi connectivity index (χ3n) is 5.25. The number of ether oxygens (including phenoxy) is 1. The Balaban J connectivity index is 1.43. The molecule has 23 heavy (non-hydrogen) atoms. The Kier molecular flexibility index (Phi) is 3.95. The first kappa shape index (κ1) is 14.9. The maximum absolute atomic E-state index is 6.35. The van der Waals surface area contributed by atoms with Crippen molar-refractivity contribution in [2.75, 3.05) is 19.7 Å². The number of hydrogen-bond donors (Lipinski definition) is 0. The summed E-state index contributed by atoms with van der Waals surface area (Å²) in [5.74, 6) is 0.547. The second-order valence-electron chi connectivity index (χ2n) is 7.10. The van der Waals surface area contributed by atoms with Gasteiger partial charge in [0.25, 0.3) is 0 Å². The van der Waals surface area contributed by atoms with Gasteiger partial charge in [-0.25, -0.2) is 0 Å². The molecule has 3 heterocycles. The Morgan fingerprint density at radius 1 is 1.26 bits per heavy atom. The molecule has 0 N–H and O–H groups in total. The van der Waals surface area contributed by atoms with Crippen LogP contribution < -0.4 is 0 Å².